The van der Waals surface area contributed by atoms with Crippen molar-refractivity contribution in [1.29, 1.82) is 0 Å². The van der Waals surface area contributed by atoms with Crippen molar-refractivity contribution in [2.45, 2.75) is 71.8 Å². The molecule has 0 amide bonds. The zero-order valence-corrected chi connectivity index (χ0v) is 11.9. The van der Waals surface area contributed by atoms with Gasteiger partial charge in [-0.15, -0.1) is 0 Å². The van der Waals surface area contributed by atoms with Crippen LogP contribution in [0.25, 0.3) is 0 Å². The van der Waals surface area contributed by atoms with E-state index in [1.54, 1.807) is 0 Å². The van der Waals surface area contributed by atoms with Gasteiger partial charge in [0.1, 0.15) is 5.60 Å². The number of hydrogen-bond donors (Lipinski definition) is 0. The minimum atomic E-state index is -0.449. The average Bonchev–Trinajstić information content (AvgIpc) is 2.32. The number of ether oxygens (including phenoxy) is 1. The molecule has 0 aromatic heterocycles. The standard InChI is InChI=1S/C15H28O2/c1-5-7-13(4)14(16)15(17-6-2)10-8-12(3)9-11-15/h12-13H,5-11H2,1-4H3. The summed E-state index contributed by atoms with van der Waals surface area (Å²) in [6.45, 7) is 9.12. The van der Waals surface area contributed by atoms with E-state index in [9.17, 15) is 4.79 Å². The molecule has 1 aliphatic rings. The lowest BCUT2D eigenvalue weighted by molar-refractivity contribution is -0.154. The zero-order chi connectivity index (χ0) is 12.9. The van der Waals surface area contributed by atoms with Gasteiger partial charge in [-0.25, -0.2) is 0 Å². The van der Waals surface area contributed by atoms with Crippen LogP contribution in [0.15, 0.2) is 0 Å². The van der Waals surface area contributed by atoms with Gasteiger partial charge in [-0.2, -0.15) is 0 Å². The molecule has 0 aromatic rings. The van der Waals surface area contributed by atoms with Gasteiger partial charge in [0.2, 0.25) is 0 Å². The first-order chi connectivity index (χ1) is 8.05. The van der Waals surface area contributed by atoms with Crippen LogP contribution in [0.3, 0.4) is 0 Å². The second-order valence-corrected chi connectivity index (χ2v) is 5.66. The van der Waals surface area contributed by atoms with E-state index in [0.29, 0.717) is 12.4 Å². The Morgan fingerprint density at radius 2 is 1.94 bits per heavy atom. The van der Waals surface area contributed by atoms with E-state index in [2.05, 4.69) is 20.8 Å². The number of rotatable bonds is 6. The molecule has 1 rings (SSSR count). The highest BCUT2D eigenvalue weighted by Gasteiger charge is 2.43. The average molecular weight is 240 g/mol. The van der Waals surface area contributed by atoms with Crippen LogP contribution in [0.4, 0.5) is 0 Å². The predicted octanol–water partition coefficient (Wildman–Crippen LogP) is 3.98. The fraction of sp³-hybridized carbons (Fsp3) is 0.933. The van der Waals surface area contributed by atoms with Crippen LogP contribution in [-0.2, 0) is 9.53 Å². The van der Waals surface area contributed by atoms with Crippen LogP contribution < -0.4 is 0 Å². The highest BCUT2D eigenvalue weighted by Crippen LogP contribution is 2.37. The number of carbonyl (C=O) groups is 1. The fourth-order valence-electron chi connectivity index (χ4n) is 2.98. The Bertz CT molecular complexity index is 239. The quantitative estimate of drug-likeness (QED) is 0.702. The van der Waals surface area contributed by atoms with Gasteiger partial charge >= 0.3 is 0 Å². The monoisotopic (exact) mass is 240 g/mol. The Morgan fingerprint density at radius 1 is 1.35 bits per heavy atom. The van der Waals surface area contributed by atoms with Crippen molar-refractivity contribution in [3.8, 4) is 0 Å². The van der Waals surface area contributed by atoms with Crippen molar-refractivity contribution in [2.24, 2.45) is 11.8 Å². The highest BCUT2D eigenvalue weighted by molar-refractivity contribution is 5.89. The van der Waals surface area contributed by atoms with Crippen molar-refractivity contribution in [3.05, 3.63) is 0 Å². The Labute approximate surface area is 106 Å². The van der Waals surface area contributed by atoms with Crippen LogP contribution in [-0.4, -0.2) is 18.0 Å². The molecule has 0 bridgehead atoms. The van der Waals surface area contributed by atoms with Crippen LogP contribution in [0.5, 0.6) is 0 Å². The number of ketones is 1. The molecule has 0 N–H and O–H groups in total. The topological polar surface area (TPSA) is 26.3 Å². The van der Waals surface area contributed by atoms with Gasteiger partial charge in [-0.3, -0.25) is 4.79 Å². The van der Waals surface area contributed by atoms with E-state index in [0.717, 1.165) is 44.4 Å². The van der Waals surface area contributed by atoms with Gasteiger partial charge in [0.15, 0.2) is 5.78 Å². The Kier molecular flexibility index (Phi) is 5.64. The molecule has 0 spiro atoms. The van der Waals surface area contributed by atoms with E-state index >= 15 is 0 Å². The lowest BCUT2D eigenvalue weighted by Gasteiger charge is -2.39. The molecular formula is C15H28O2. The Balaban J connectivity index is 2.73. The van der Waals surface area contributed by atoms with Crippen molar-refractivity contribution >= 4 is 5.78 Å². The third-order valence-electron chi connectivity index (χ3n) is 4.12. The van der Waals surface area contributed by atoms with Gasteiger partial charge < -0.3 is 4.74 Å². The van der Waals surface area contributed by atoms with E-state index in [4.69, 9.17) is 4.74 Å². The van der Waals surface area contributed by atoms with E-state index in [1.807, 2.05) is 6.92 Å². The lowest BCUT2D eigenvalue weighted by atomic mass is 9.73. The minimum absolute atomic E-state index is 0.153. The van der Waals surface area contributed by atoms with E-state index < -0.39 is 5.60 Å². The molecule has 1 aliphatic carbocycles. The maximum Gasteiger partial charge on any atom is 0.167 e. The maximum atomic E-state index is 12.6. The summed E-state index contributed by atoms with van der Waals surface area (Å²) < 4.78 is 5.90. The first-order valence-corrected chi connectivity index (χ1v) is 7.24. The second kappa shape index (κ2) is 6.53. The van der Waals surface area contributed by atoms with Crippen molar-refractivity contribution in [2.75, 3.05) is 6.61 Å². The van der Waals surface area contributed by atoms with Crippen molar-refractivity contribution < 1.29 is 9.53 Å². The molecule has 1 fully saturated rings. The molecule has 1 unspecified atom stereocenters. The number of hydrogen-bond acceptors (Lipinski definition) is 2. The summed E-state index contributed by atoms with van der Waals surface area (Å²) in [5, 5.41) is 0. The lowest BCUT2D eigenvalue weighted by Crippen LogP contribution is -2.47. The number of carbonyl (C=O) groups excluding carboxylic acids is 1. The summed E-state index contributed by atoms with van der Waals surface area (Å²) in [4.78, 5) is 12.6. The van der Waals surface area contributed by atoms with E-state index in [-0.39, 0.29) is 5.92 Å². The van der Waals surface area contributed by atoms with Crippen LogP contribution in [0.2, 0.25) is 0 Å². The molecule has 0 saturated heterocycles. The largest absolute Gasteiger partial charge is 0.367 e. The summed E-state index contributed by atoms with van der Waals surface area (Å²) in [5.74, 6) is 1.26. The smallest absolute Gasteiger partial charge is 0.167 e. The molecule has 2 heteroatoms. The molecule has 100 valence electrons. The normalized spacial score (nSPS) is 31.2. The Hall–Kier alpha value is -0.370. The SMILES string of the molecule is CCCC(C)C(=O)C1(OCC)CCC(C)CC1. The molecule has 0 aromatic carbocycles. The molecule has 0 aliphatic heterocycles. The second-order valence-electron chi connectivity index (χ2n) is 5.66. The molecule has 2 nitrogen and oxygen atoms in total. The minimum Gasteiger partial charge on any atom is -0.367 e. The van der Waals surface area contributed by atoms with Crippen molar-refractivity contribution in [1.82, 2.24) is 0 Å². The third-order valence-corrected chi connectivity index (χ3v) is 4.12. The van der Waals surface area contributed by atoms with Crippen molar-refractivity contribution in [3.63, 3.8) is 0 Å². The van der Waals surface area contributed by atoms with Gasteiger partial charge in [-0.1, -0.05) is 27.2 Å². The molecule has 17 heavy (non-hydrogen) atoms. The first kappa shape index (κ1) is 14.7. The van der Waals surface area contributed by atoms with Gasteiger partial charge in [0, 0.05) is 12.5 Å². The van der Waals surface area contributed by atoms with E-state index in [1.165, 1.54) is 0 Å². The first-order valence-electron chi connectivity index (χ1n) is 7.24. The summed E-state index contributed by atoms with van der Waals surface area (Å²) >= 11 is 0. The van der Waals surface area contributed by atoms with Crippen LogP contribution >= 0.6 is 0 Å². The maximum absolute atomic E-state index is 12.6. The molecule has 0 heterocycles. The molecular weight excluding hydrogens is 212 g/mol. The van der Waals surface area contributed by atoms with Crippen LogP contribution in [0, 0.1) is 11.8 Å². The summed E-state index contributed by atoms with van der Waals surface area (Å²) in [6, 6.07) is 0. The molecule has 1 atom stereocenters. The number of Topliss-reactive ketones (excluding diaryl/α,β-unsaturated/α-hetero) is 1. The summed E-state index contributed by atoms with van der Waals surface area (Å²) in [5.41, 5.74) is -0.449. The van der Waals surface area contributed by atoms with Gasteiger partial charge in [0.25, 0.3) is 0 Å². The van der Waals surface area contributed by atoms with Gasteiger partial charge in [-0.05, 0) is 44.9 Å². The highest BCUT2D eigenvalue weighted by atomic mass is 16.5. The molecule has 1 saturated carbocycles. The third kappa shape index (κ3) is 3.54. The summed E-state index contributed by atoms with van der Waals surface area (Å²) in [7, 11) is 0. The Morgan fingerprint density at radius 3 is 2.41 bits per heavy atom. The summed E-state index contributed by atoms with van der Waals surface area (Å²) in [6.07, 6.45) is 6.17. The zero-order valence-electron chi connectivity index (χ0n) is 11.9. The fourth-order valence-corrected chi connectivity index (χ4v) is 2.98. The molecule has 0 radical (unpaired) electrons. The van der Waals surface area contributed by atoms with Crippen LogP contribution in [0.1, 0.15) is 66.2 Å². The predicted molar refractivity (Wildman–Crippen MR) is 71.1 cm³/mol. The van der Waals surface area contributed by atoms with Gasteiger partial charge in [0.05, 0.1) is 0 Å².